The van der Waals surface area contributed by atoms with Crippen molar-refractivity contribution in [2.75, 3.05) is 0 Å². The number of aryl methyl sites for hydroxylation is 1. The minimum absolute atomic E-state index is 1.00. The Morgan fingerprint density at radius 2 is 0.757 bits per heavy atom. The van der Waals surface area contributed by atoms with E-state index >= 15 is 0 Å². The summed E-state index contributed by atoms with van der Waals surface area (Å²) in [6.07, 6.45) is 1.88. The van der Waals surface area contributed by atoms with E-state index in [1.54, 1.807) is 0 Å². The Morgan fingerprint density at radius 1 is 0.351 bits per heavy atom. The van der Waals surface area contributed by atoms with Crippen LogP contribution in [0.1, 0.15) is 5.56 Å². The predicted octanol–water partition coefficient (Wildman–Crippen LogP) is 9.73. The first-order chi connectivity index (χ1) is 18.2. The fourth-order valence-corrected chi connectivity index (χ4v) is 4.82. The Balaban J connectivity index is 1.44. The molecule has 6 rings (SSSR count). The second-order valence-electron chi connectivity index (χ2n) is 9.41. The number of aromatic nitrogens is 1. The van der Waals surface area contributed by atoms with E-state index in [1.807, 2.05) is 12.3 Å². The molecule has 1 aromatic heterocycles. The average Bonchev–Trinajstić information content (AvgIpc) is 2.98. The first kappa shape index (κ1) is 22.7. The first-order valence-corrected chi connectivity index (χ1v) is 12.6. The number of pyridine rings is 1. The van der Waals surface area contributed by atoms with Gasteiger partial charge in [0.2, 0.25) is 0 Å². The molecule has 0 spiro atoms. The van der Waals surface area contributed by atoms with Crippen LogP contribution >= 0.6 is 0 Å². The Bertz CT molecular complexity index is 1610. The standard InChI is InChI=1S/C36H27N/c1-26-18-19-37-36(20-26)32-17-9-15-30(22-32)29-14-8-16-31(21-29)35-24-33(27-10-4-2-5-11-27)23-34(25-35)28-12-6-3-7-13-28/h2-25H,1H3. The van der Waals surface area contributed by atoms with Crippen molar-refractivity contribution in [3.05, 3.63) is 151 Å². The van der Waals surface area contributed by atoms with Crippen molar-refractivity contribution in [1.29, 1.82) is 0 Å². The molecule has 0 bridgehead atoms. The molecule has 0 N–H and O–H groups in total. The third-order valence-corrected chi connectivity index (χ3v) is 6.75. The highest BCUT2D eigenvalue weighted by Crippen LogP contribution is 2.35. The summed E-state index contributed by atoms with van der Waals surface area (Å²) >= 11 is 0. The quantitative estimate of drug-likeness (QED) is 0.243. The molecule has 0 saturated carbocycles. The molecule has 0 amide bonds. The lowest BCUT2D eigenvalue weighted by Gasteiger charge is -2.13. The van der Waals surface area contributed by atoms with Crippen LogP contribution in [0.2, 0.25) is 0 Å². The van der Waals surface area contributed by atoms with Crippen LogP contribution in [-0.2, 0) is 0 Å². The van der Waals surface area contributed by atoms with Gasteiger partial charge in [-0.3, -0.25) is 4.98 Å². The van der Waals surface area contributed by atoms with E-state index in [1.165, 1.54) is 50.1 Å². The third-order valence-electron chi connectivity index (χ3n) is 6.75. The van der Waals surface area contributed by atoms with Gasteiger partial charge in [0.1, 0.15) is 0 Å². The molecule has 6 aromatic rings. The van der Waals surface area contributed by atoms with Crippen LogP contribution in [0.5, 0.6) is 0 Å². The van der Waals surface area contributed by atoms with E-state index in [9.17, 15) is 0 Å². The lowest BCUT2D eigenvalue weighted by atomic mass is 9.92. The SMILES string of the molecule is Cc1ccnc(-c2cccc(-c3cccc(-c4cc(-c5ccccc5)cc(-c5ccccc5)c4)c3)c2)c1. The van der Waals surface area contributed by atoms with Crippen LogP contribution in [0, 0.1) is 6.92 Å². The fourth-order valence-electron chi connectivity index (χ4n) is 4.82. The maximum absolute atomic E-state index is 4.59. The normalized spacial score (nSPS) is 10.8. The first-order valence-electron chi connectivity index (χ1n) is 12.6. The maximum Gasteiger partial charge on any atom is 0.0704 e. The zero-order valence-corrected chi connectivity index (χ0v) is 20.8. The zero-order valence-electron chi connectivity index (χ0n) is 20.8. The van der Waals surface area contributed by atoms with Gasteiger partial charge < -0.3 is 0 Å². The van der Waals surface area contributed by atoms with Gasteiger partial charge in [0.05, 0.1) is 5.69 Å². The van der Waals surface area contributed by atoms with Gasteiger partial charge in [0.15, 0.2) is 0 Å². The molecule has 0 radical (unpaired) electrons. The van der Waals surface area contributed by atoms with Crippen LogP contribution in [-0.4, -0.2) is 4.98 Å². The highest BCUT2D eigenvalue weighted by Gasteiger charge is 2.09. The van der Waals surface area contributed by atoms with Crippen LogP contribution < -0.4 is 0 Å². The number of benzene rings is 5. The summed E-state index contributed by atoms with van der Waals surface area (Å²) in [4.78, 5) is 4.59. The number of hydrogen-bond donors (Lipinski definition) is 0. The van der Waals surface area contributed by atoms with Gasteiger partial charge in [-0.15, -0.1) is 0 Å². The van der Waals surface area contributed by atoms with Gasteiger partial charge in [-0.25, -0.2) is 0 Å². The fraction of sp³-hybridized carbons (Fsp3) is 0.0278. The van der Waals surface area contributed by atoms with Gasteiger partial charge in [0.25, 0.3) is 0 Å². The molecule has 5 aromatic carbocycles. The zero-order chi connectivity index (χ0) is 25.0. The van der Waals surface area contributed by atoms with E-state index in [4.69, 9.17) is 0 Å². The molecular weight excluding hydrogens is 446 g/mol. The third kappa shape index (κ3) is 4.98. The molecule has 1 heteroatoms. The van der Waals surface area contributed by atoms with Gasteiger partial charge in [-0.1, -0.05) is 97.1 Å². The lowest BCUT2D eigenvalue weighted by Crippen LogP contribution is -1.88. The van der Waals surface area contributed by atoms with E-state index in [2.05, 4.69) is 145 Å². The van der Waals surface area contributed by atoms with Crippen molar-refractivity contribution in [1.82, 2.24) is 4.98 Å². The molecule has 0 fully saturated rings. The van der Waals surface area contributed by atoms with Gasteiger partial charge in [-0.05, 0) is 99.5 Å². The second kappa shape index (κ2) is 10.1. The van der Waals surface area contributed by atoms with E-state index in [0.717, 1.165) is 11.3 Å². The van der Waals surface area contributed by atoms with E-state index < -0.39 is 0 Å². The van der Waals surface area contributed by atoms with Crippen LogP contribution in [0.4, 0.5) is 0 Å². The van der Waals surface area contributed by atoms with Gasteiger partial charge in [0, 0.05) is 11.8 Å². The largest absolute Gasteiger partial charge is 0.256 e. The average molecular weight is 474 g/mol. The molecule has 0 unspecified atom stereocenters. The van der Waals surface area contributed by atoms with Gasteiger partial charge in [-0.2, -0.15) is 0 Å². The highest BCUT2D eigenvalue weighted by atomic mass is 14.7. The maximum atomic E-state index is 4.59. The molecule has 0 atom stereocenters. The summed E-state index contributed by atoms with van der Waals surface area (Å²) in [6, 6.07) is 49.8. The molecular formula is C36H27N. The molecule has 176 valence electrons. The number of hydrogen-bond acceptors (Lipinski definition) is 1. The molecule has 37 heavy (non-hydrogen) atoms. The Labute approximate surface area is 218 Å². The number of rotatable bonds is 5. The predicted molar refractivity (Wildman–Crippen MR) is 156 cm³/mol. The van der Waals surface area contributed by atoms with Crippen LogP contribution in [0.25, 0.3) is 55.8 Å². The summed E-state index contributed by atoms with van der Waals surface area (Å²) in [5, 5.41) is 0. The summed E-state index contributed by atoms with van der Waals surface area (Å²) in [5.74, 6) is 0. The van der Waals surface area contributed by atoms with E-state index in [0.29, 0.717) is 0 Å². The summed E-state index contributed by atoms with van der Waals surface area (Å²) in [5.41, 5.74) is 13.0. The lowest BCUT2D eigenvalue weighted by molar-refractivity contribution is 1.29. The Morgan fingerprint density at radius 3 is 1.30 bits per heavy atom. The Kier molecular flexibility index (Phi) is 6.19. The molecule has 1 nitrogen and oxygen atoms in total. The van der Waals surface area contributed by atoms with Crippen molar-refractivity contribution in [2.45, 2.75) is 6.92 Å². The minimum atomic E-state index is 1.00. The Hall–Kier alpha value is -4.75. The monoisotopic (exact) mass is 473 g/mol. The topological polar surface area (TPSA) is 12.9 Å². The smallest absolute Gasteiger partial charge is 0.0704 e. The van der Waals surface area contributed by atoms with Crippen molar-refractivity contribution >= 4 is 0 Å². The molecule has 0 aliphatic rings. The molecule has 0 aliphatic heterocycles. The minimum Gasteiger partial charge on any atom is -0.256 e. The summed E-state index contributed by atoms with van der Waals surface area (Å²) in [6.45, 7) is 2.10. The van der Waals surface area contributed by atoms with Gasteiger partial charge >= 0.3 is 0 Å². The van der Waals surface area contributed by atoms with Crippen molar-refractivity contribution in [3.8, 4) is 55.8 Å². The highest BCUT2D eigenvalue weighted by molar-refractivity contribution is 5.83. The second-order valence-corrected chi connectivity index (χ2v) is 9.41. The molecule has 0 aliphatic carbocycles. The van der Waals surface area contributed by atoms with Crippen LogP contribution in [0.3, 0.4) is 0 Å². The molecule has 1 heterocycles. The van der Waals surface area contributed by atoms with Crippen molar-refractivity contribution in [3.63, 3.8) is 0 Å². The van der Waals surface area contributed by atoms with Crippen LogP contribution in [0.15, 0.2) is 146 Å². The van der Waals surface area contributed by atoms with Crippen molar-refractivity contribution < 1.29 is 0 Å². The number of nitrogens with zero attached hydrogens (tertiary/aromatic N) is 1. The summed E-state index contributed by atoms with van der Waals surface area (Å²) < 4.78 is 0. The van der Waals surface area contributed by atoms with E-state index in [-0.39, 0.29) is 0 Å². The van der Waals surface area contributed by atoms with Crippen molar-refractivity contribution in [2.24, 2.45) is 0 Å². The molecule has 0 saturated heterocycles. The summed E-state index contributed by atoms with van der Waals surface area (Å²) in [7, 11) is 0.